The number of nitrogens with one attached hydrogen (secondary N) is 1. The molecule has 1 N–H and O–H groups in total. The van der Waals surface area contributed by atoms with Crippen molar-refractivity contribution in [2.75, 3.05) is 38.1 Å². The van der Waals surface area contributed by atoms with Gasteiger partial charge in [-0.1, -0.05) is 18.2 Å². The van der Waals surface area contributed by atoms with Crippen LogP contribution < -0.4 is 34.0 Å². The number of hydrogen-bond donors (Lipinski definition) is 1. The minimum Gasteiger partial charge on any atom is -1.00 e. The molecule has 0 unspecified atom stereocenters. The van der Waals surface area contributed by atoms with Crippen LogP contribution in [0.1, 0.15) is 31.1 Å². The van der Waals surface area contributed by atoms with Crippen LogP contribution in [0.5, 0.6) is 5.75 Å². The molecule has 0 heterocycles. The molecule has 0 radical (unpaired) electrons. The standard InChI is InChI=1S/C21H28N2O2.HI/c1-4-23(5-2,6-3)16-17-25-20-14-12-18(13-15-20)21(24)22-19-10-8-7-9-11-19;/h7-15H,4-6,16-17H2,1-3H3;1H. The summed E-state index contributed by atoms with van der Waals surface area (Å²) >= 11 is 0. The number of amides is 1. The molecule has 4 nitrogen and oxygen atoms in total. The smallest absolute Gasteiger partial charge is 0.255 e. The van der Waals surface area contributed by atoms with Crippen LogP contribution in [0.2, 0.25) is 0 Å². The SMILES string of the molecule is CC[N+](CC)(CC)CCOc1ccc(C(=O)Nc2ccccc2)cc1.[I-]. The lowest BCUT2D eigenvalue weighted by molar-refractivity contribution is -0.923. The van der Waals surface area contributed by atoms with Gasteiger partial charge >= 0.3 is 0 Å². The molecule has 0 spiro atoms. The van der Waals surface area contributed by atoms with E-state index in [2.05, 4.69) is 26.1 Å². The Labute approximate surface area is 174 Å². The summed E-state index contributed by atoms with van der Waals surface area (Å²) in [5.41, 5.74) is 1.41. The molecule has 142 valence electrons. The number of anilines is 1. The fourth-order valence-electron chi connectivity index (χ4n) is 2.93. The number of para-hydroxylation sites is 1. The van der Waals surface area contributed by atoms with Gasteiger partial charge in [-0.05, 0) is 57.2 Å². The fraction of sp³-hybridized carbons (Fsp3) is 0.381. The first-order valence-electron chi connectivity index (χ1n) is 9.07. The number of rotatable bonds is 9. The third-order valence-electron chi connectivity index (χ3n) is 4.99. The van der Waals surface area contributed by atoms with Crippen molar-refractivity contribution in [1.82, 2.24) is 0 Å². The van der Waals surface area contributed by atoms with Gasteiger partial charge in [0.1, 0.15) is 18.9 Å². The monoisotopic (exact) mass is 468 g/mol. The second kappa shape index (κ2) is 11.2. The lowest BCUT2D eigenvalue weighted by Gasteiger charge is -2.35. The highest BCUT2D eigenvalue weighted by atomic mass is 127. The van der Waals surface area contributed by atoms with Gasteiger partial charge < -0.3 is 38.5 Å². The summed E-state index contributed by atoms with van der Waals surface area (Å²) in [6, 6.07) is 16.8. The summed E-state index contributed by atoms with van der Waals surface area (Å²) in [7, 11) is 0. The maximum atomic E-state index is 12.2. The van der Waals surface area contributed by atoms with Crippen LogP contribution in [0.3, 0.4) is 0 Å². The van der Waals surface area contributed by atoms with Crippen LogP contribution >= 0.6 is 0 Å². The number of halogens is 1. The van der Waals surface area contributed by atoms with Crippen LogP contribution in [0.4, 0.5) is 5.69 Å². The molecule has 0 aliphatic carbocycles. The molecule has 0 aliphatic heterocycles. The molecule has 2 aromatic rings. The predicted octanol–water partition coefficient (Wildman–Crippen LogP) is 1.20. The van der Waals surface area contributed by atoms with E-state index < -0.39 is 0 Å². The predicted molar refractivity (Wildman–Crippen MR) is 103 cm³/mol. The topological polar surface area (TPSA) is 38.3 Å². The van der Waals surface area contributed by atoms with E-state index in [0.29, 0.717) is 12.2 Å². The molecule has 0 saturated heterocycles. The first-order chi connectivity index (χ1) is 12.1. The van der Waals surface area contributed by atoms with Crippen LogP contribution in [0.25, 0.3) is 0 Å². The molecule has 0 fully saturated rings. The van der Waals surface area contributed by atoms with Crippen LogP contribution in [0.15, 0.2) is 54.6 Å². The average molecular weight is 468 g/mol. The maximum absolute atomic E-state index is 12.2. The van der Waals surface area contributed by atoms with Gasteiger partial charge in [0.15, 0.2) is 0 Å². The van der Waals surface area contributed by atoms with E-state index >= 15 is 0 Å². The first-order valence-corrected chi connectivity index (χ1v) is 9.07. The Kier molecular flexibility index (Phi) is 9.65. The molecule has 0 saturated carbocycles. The Morgan fingerprint density at radius 3 is 2.04 bits per heavy atom. The summed E-state index contributed by atoms with van der Waals surface area (Å²) in [5, 5.41) is 2.88. The van der Waals surface area contributed by atoms with E-state index in [1.807, 2.05) is 42.5 Å². The van der Waals surface area contributed by atoms with Crippen molar-refractivity contribution in [3.8, 4) is 5.75 Å². The molecule has 2 aromatic carbocycles. The van der Waals surface area contributed by atoms with Crippen LogP contribution in [-0.2, 0) is 0 Å². The number of ether oxygens (including phenoxy) is 1. The lowest BCUT2D eigenvalue weighted by atomic mass is 10.2. The summed E-state index contributed by atoms with van der Waals surface area (Å²) in [6.45, 7) is 11.7. The number of likely N-dealkylation sites (N-methyl/N-ethyl adjacent to an activating group) is 1. The van der Waals surface area contributed by atoms with Crippen molar-refractivity contribution < 1.29 is 38.0 Å². The number of carbonyl (C=O) groups excluding carboxylic acids is 1. The molecular weight excluding hydrogens is 439 g/mol. The van der Waals surface area contributed by atoms with E-state index in [4.69, 9.17) is 4.74 Å². The van der Waals surface area contributed by atoms with E-state index in [-0.39, 0.29) is 29.9 Å². The maximum Gasteiger partial charge on any atom is 0.255 e. The van der Waals surface area contributed by atoms with Crippen molar-refractivity contribution >= 4 is 11.6 Å². The van der Waals surface area contributed by atoms with E-state index in [1.165, 1.54) is 0 Å². The Morgan fingerprint density at radius 1 is 0.923 bits per heavy atom. The Morgan fingerprint density at radius 2 is 1.50 bits per heavy atom. The summed E-state index contributed by atoms with van der Waals surface area (Å²) in [5.74, 6) is 0.689. The lowest BCUT2D eigenvalue weighted by Crippen LogP contribution is -3.00. The molecule has 1 amide bonds. The van der Waals surface area contributed by atoms with Crippen LogP contribution in [0, 0.1) is 0 Å². The quantitative estimate of drug-likeness (QED) is 0.444. The number of carbonyl (C=O) groups is 1. The average Bonchev–Trinajstić information content (AvgIpc) is 2.67. The van der Waals surface area contributed by atoms with Crippen LogP contribution in [-0.4, -0.2) is 43.2 Å². The normalized spacial score (nSPS) is 10.7. The summed E-state index contributed by atoms with van der Waals surface area (Å²) in [4.78, 5) is 12.2. The minimum atomic E-state index is -0.114. The highest BCUT2D eigenvalue weighted by Gasteiger charge is 2.20. The van der Waals surface area contributed by atoms with Gasteiger partial charge in [-0.15, -0.1) is 0 Å². The van der Waals surface area contributed by atoms with Crippen molar-refractivity contribution in [2.24, 2.45) is 0 Å². The highest BCUT2D eigenvalue weighted by molar-refractivity contribution is 6.04. The molecule has 26 heavy (non-hydrogen) atoms. The third-order valence-corrected chi connectivity index (χ3v) is 4.99. The van der Waals surface area contributed by atoms with E-state index in [0.717, 1.165) is 42.1 Å². The third kappa shape index (κ3) is 6.29. The fourth-order valence-corrected chi connectivity index (χ4v) is 2.93. The minimum absolute atomic E-state index is 0. The van der Waals surface area contributed by atoms with Gasteiger partial charge in [0, 0.05) is 11.3 Å². The number of quaternary nitrogens is 1. The number of nitrogens with zero attached hydrogens (tertiary/aromatic N) is 1. The second-order valence-corrected chi connectivity index (χ2v) is 6.21. The van der Waals surface area contributed by atoms with Gasteiger partial charge in [-0.3, -0.25) is 4.79 Å². The summed E-state index contributed by atoms with van der Waals surface area (Å²) < 4.78 is 6.94. The van der Waals surface area contributed by atoms with E-state index in [1.54, 1.807) is 12.1 Å². The number of hydrogen-bond acceptors (Lipinski definition) is 2. The summed E-state index contributed by atoms with van der Waals surface area (Å²) in [6.07, 6.45) is 0. The van der Waals surface area contributed by atoms with Crippen molar-refractivity contribution in [3.05, 3.63) is 60.2 Å². The van der Waals surface area contributed by atoms with Crippen molar-refractivity contribution in [2.45, 2.75) is 20.8 Å². The van der Waals surface area contributed by atoms with Gasteiger partial charge in [-0.25, -0.2) is 0 Å². The first kappa shape index (κ1) is 22.4. The molecular formula is C21H29IN2O2. The van der Waals surface area contributed by atoms with E-state index in [9.17, 15) is 4.79 Å². The van der Waals surface area contributed by atoms with Gasteiger partial charge in [-0.2, -0.15) is 0 Å². The Balaban J connectivity index is 0.00000338. The molecule has 0 aliphatic rings. The molecule has 0 bridgehead atoms. The molecule has 2 rings (SSSR count). The van der Waals surface area contributed by atoms with Crippen molar-refractivity contribution in [1.29, 1.82) is 0 Å². The zero-order valence-electron chi connectivity index (χ0n) is 15.9. The van der Waals surface area contributed by atoms with Gasteiger partial charge in [0.05, 0.1) is 19.6 Å². The Bertz CT molecular complexity index is 647. The van der Waals surface area contributed by atoms with Gasteiger partial charge in [0.2, 0.25) is 0 Å². The molecule has 0 atom stereocenters. The molecule has 5 heteroatoms. The Hall–Kier alpha value is -1.60. The highest BCUT2D eigenvalue weighted by Crippen LogP contribution is 2.15. The zero-order valence-corrected chi connectivity index (χ0v) is 18.0. The molecule has 0 aromatic heterocycles. The number of benzene rings is 2. The van der Waals surface area contributed by atoms with Gasteiger partial charge in [0.25, 0.3) is 5.91 Å². The van der Waals surface area contributed by atoms with Crippen molar-refractivity contribution in [3.63, 3.8) is 0 Å². The largest absolute Gasteiger partial charge is 1.00 e. The zero-order chi connectivity index (χ0) is 18.1. The second-order valence-electron chi connectivity index (χ2n) is 6.21.